The molecule has 0 spiro atoms. The van der Waals surface area contributed by atoms with Gasteiger partial charge in [-0.2, -0.15) is 0 Å². The van der Waals surface area contributed by atoms with Crippen LogP contribution in [0, 0.1) is 12.3 Å². The number of esters is 2. The Hall–Kier alpha value is -2.68. The maximum Gasteiger partial charge on any atom is 0.318 e. The monoisotopic (exact) mass is 488 g/mol. The number of hydrogen-bond acceptors (Lipinski definition) is 6. The van der Waals surface area contributed by atoms with Crippen LogP contribution in [0.2, 0.25) is 0 Å². The van der Waals surface area contributed by atoms with E-state index in [-0.39, 0.29) is 13.2 Å². The Kier molecular flexibility index (Phi) is 17.9. The molecule has 0 atom stereocenters. The van der Waals surface area contributed by atoms with Gasteiger partial charge in [-0.05, 0) is 30.5 Å². The summed E-state index contributed by atoms with van der Waals surface area (Å²) in [4.78, 5) is 23.5. The Morgan fingerprint density at radius 2 is 1.20 bits per heavy atom. The van der Waals surface area contributed by atoms with E-state index in [1.165, 1.54) is 51.4 Å². The smallest absolute Gasteiger partial charge is 0.318 e. The molecule has 0 aliphatic heterocycles. The molecule has 0 saturated carbocycles. The first-order chi connectivity index (χ1) is 17.1. The normalized spacial score (nSPS) is 10.4. The number of ether oxygens (including phenoxy) is 4. The van der Waals surface area contributed by atoms with Crippen LogP contribution >= 0.6 is 0 Å². The molecule has 6 heteroatoms. The maximum atomic E-state index is 12.0. The fourth-order valence-corrected chi connectivity index (χ4v) is 3.53. The van der Waals surface area contributed by atoms with E-state index in [1.54, 1.807) is 0 Å². The molecule has 0 aliphatic rings. The molecule has 0 aliphatic carbocycles. The van der Waals surface area contributed by atoms with Gasteiger partial charge in [-0.3, -0.25) is 9.59 Å². The van der Waals surface area contributed by atoms with Crippen molar-refractivity contribution in [2.45, 2.75) is 104 Å². The van der Waals surface area contributed by atoms with Gasteiger partial charge in [-0.1, -0.05) is 84.0 Å². The molecule has 35 heavy (non-hydrogen) atoms. The van der Waals surface area contributed by atoms with Gasteiger partial charge in [-0.25, -0.2) is 0 Å². The summed E-state index contributed by atoms with van der Waals surface area (Å²) in [5.74, 6) is 2.20. The topological polar surface area (TPSA) is 71.1 Å². The summed E-state index contributed by atoms with van der Waals surface area (Å²) in [6, 6.07) is 5.58. The summed E-state index contributed by atoms with van der Waals surface area (Å²) in [6.45, 7) is 5.54. The van der Waals surface area contributed by atoms with Crippen molar-refractivity contribution < 1.29 is 28.5 Å². The Balaban J connectivity index is 2.58. The van der Waals surface area contributed by atoms with Gasteiger partial charge in [0, 0.05) is 6.07 Å². The van der Waals surface area contributed by atoms with E-state index in [2.05, 4.69) is 19.8 Å². The zero-order valence-electron chi connectivity index (χ0n) is 21.8. The van der Waals surface area contributed by atoms with Crippen molar-refractivity contribution in [1.82, 2.24) is 0 Å². The van der Waals surface area contributed by atoms with Gasteiger partial charge in [-0.15, -0.1) is 6.42 Å². The molecule has 0 aromatic heterocycles. The second kappa shape index (κ2) is 20.7. The first-order valence-corrected chi connectivity index (χ1v) is 13.2. The average Bonchev–Trinajstić information content (AvgIpc) is 2.85. The Morgan fingerprint density at radius 3 is 1.71 bits per heavy atom. The van der Waals surface area contributed by atoms with E-state index in [0.29, 0.717) is 24.7 Å². The van der Waals surface area contributed by atoms with Gasteiger partial charge >= 0.3 is 11.9 Å². The largest absolute Gasteiger partial charge is 0.493 e. The zero-order valence-corrected chi connectivity index (χ0v) is 21.8. The average molecular weight is 489 g/mol. The van der Waals surface area contributed by atoms with Crippen molar-refractivity contribution in [3.63, 3.8) is 0 Å². The van der Waals surface area contributed by atoms with Gasteiger partial charge in [0.2, 0.25) is 0 Å². The number of unbranched alkanes of at least 4 members (excludes halogenated alkanes) is 10. The van der Waals surface area contributed by atoms with E-state index in [1.807, 2.05) is 18.2 Å². The minimum atomic E-state index is -0.702. The van der Waals surface area contributed by atoms with Crippen molar-refractivity contribution in [2.24, 2.45) is 0 Å². The minimum absolute atomic E-state index is 0.0167. The highest BCUT2D eigenvalue weighted by molar-refractivity contribution is 5.91. The van der Waals surface area contributed by atoms with E-state index in [4.69, 9.17) is 25.4 Å². The van der Waals surface area contributed by atoms with Crippen molar-refractivity contribution >= 4 is 11.9 Å². The van der Waals surface area contributed by atoms with Crippen molar-refractivity contribution in [3.05, 3.63) is 23.8 Å². The summed E-state index contributed by atoms with van der Waals surface area (Å²) in [7, 11) is 0. The third kappa shape index (κ3) is 16.6. The lowest BCUT2D eigenvalue weighted by Gasteiger charge is -2.13. The Morgan fingerprint density at radius 1 is 0.714 bits per heavy atom. The van der Waals surface area contributed by atoms with E-state index in [9.17, 15) is 9.59 Å². The fourth-order valence-electron chi connectivity index (χ4n) is 3.53. The third-order valence-corrected chi connectivity index (χ3v) is 5.48. The molecule has 0 radical (unpaired) electrons. The van der Waals surface area contributed by atoms with E-state index >= 15 is 0 Å². The fraction of sp³-hybridized carbons (Fsp3) is 0.655. The molecule has 0 bridgehead atoms. The SMILES string of the molecule is C#CCOC(=O)CC(=O)OCc1cc(OCCCCCCCC)cc(OCCCCCCCC)c1. The quantitative estimate of drug-likeness (QED) is 0.0822. The molecule has 0 unspecified atom stereocenters. The van der Waals surface area contributed by atoms with Gasteiger partial charge in [0.15, 0.2) is 6.61 Å². The van der Waals surface area contributed by atoms with Crippen LogP contribution in [-0.2, 0) is 25.7 Å². The molecule has 0 heterocycles. The third-order valence-electron chi connectivity index (χ3n) is 5.48. The van der Waals surface area contributed by atoms with Gasteiger partial charge in [0.25, 0.3) is 0 Å². The molecule has 196 valence electrons. The predicted molar refractivity (Wildman–Crippen MR) is 138 cm³/mol. The molecule has 1 rings (SSSR count). The number of benzene rings is 1. The minimum Gasteiger partial charge on any atom is -0.493 e. The van der Waals surface area contributed by atoms with Gasteiger partial charge in [0.1, 0.15) is 24.5 Å². The molecule has 1 aromatic carbocycles. The van der Waals surface area contributed by atoms with Crippen LogP contribution < -0.4 is 9.47 Å². The number of rotatable bonds is 21. The number of carbonyl (C=O) groups excluding carboxylic acids is 2. The molecule has 1 aromatic rings. The number of hydrogen-bond donors (Lipinski definition) is 0. The second-order valence-electron chi connectivity index (χ2n) is 8.75. The molecule has 0 saturated heterocycles. The number of carbonyl (C=O) groups is 2. The van der Waals surface area contributed by atoms with E-state index < -0.39 is 18.4 Å². The Bertz CT molecular complexity index is 716. The van der Waals surface area contributed by atoms with Crippen LogP contribution in [0.25, 0.3) is 0 Å². The van der Waals surface area contributed by atoms with Crippen LogP contribution in [0.1, 0.15) is 103 Å². The highest BCUT2D eigenvalue weighted by Gasteiger charge is 2.13. The molecular weight excluding hydrogens is 444 g/mol. The summed E-state index contributed by atoms with van der Waals surface area (Å²) in [5.41, 5.74) is 0.744. The van der Waals surface area contributed by atoms with Crippen LogP contribution in [-0.4, -0.2) is 31.8 Å². The maximum absolute atomic E-state index is 12.0. The van der Waals surface area contributed by atoms with Crippen molar-refractivity contribution in [1.29, 1.82) is 0 Å². The highest BCUT2D eigenvalue weighted by Crippen LogP contribution is 2.25. The molecule has 0 N–H and O–H groups in total. The lowest BCUT2D eigenvalue weighted by Crippen LogP contribution is -2.14. The molecule has 0 amide bonds. The number of terminal acetylenes is 1. The van der Waals surface area contributed by atoms with Crippen LogP contribution in [0.5, 0.6) is 11.5 Å². The second-order valence-corrected chi connectivity index (χ2v) is 8.75. The van der Waals surface area contributed by atoms with E-state index in [0.717, 1.165) is 31.2 Å². The van der Waals surface area contributed by atoms with Gasteiger partial charge in [0.05, 0.1) is 13.2 Å². The summed E-state index contributed by atoms with van der Waals surface area (Å²) in [5, 5.41) is 0. The standard InChI is InChI=1S/C29H44O6/c1-4-7-9-11-13-15-18-32-26-20-25(24-35-29(31)23-28(30)34-17-6-3)21-27(22-26)33-19-16-14-12-10-8-5-2/h3,20-22H,4-5,7-19,23-24H2,1-2H3. The zero-order chi connectivity index (χ0) is 25.6. The van der Waals surface area contributed by atoms with Crippen LogP contribution in [0.15, 0.2) is 18.2 Å². The van der Waals surface area contributed by atoms with Gasteiger partial charge < -0.3 is 18.9 Å². The first-order valence-electron chi connectivity index (χ1n) is 13.2. The van der Waals surface area contributed by atoms with Crippen molar-refractivity contribution in [2.75, 3.05) is 19.8 Å². The summed E-state index contributed by atoms with van der Waals surface area (Å²) in [6.07, 6.45) is 18.9. The van der Waals surface area contributed by atoms with Crippen LogP contribution in [0.4, 0.5) is 0 Å². The lowest BCUT2D eigenvalue weighted by atomic mass is 10.1. The highest BCUT2D eigenvalue weighted by atomic mass is 16.6. The summed E-state index contributed by atoms with van der Waals surface area (Å²) < 4.78 is 21.9. The molecule has 0 fully saturated rings. The molecular formula is C29H44O6. The Labute approximate surface area is 212 Å². The lowest BCUT2D eigenvalue weighted by molar-refractivity contribution is -0.154. The predicted octanol–water partition coefficient (Wildman–Crippen LogP) is 6.77. The van der Waals surface area contributed by atoms with Crippen molar-refractivity contribution in [3.8, 4) is 23.8 Å². The van der Waals surface area contributed by atoms with Crippen LogP contribution in [0.3, 0.4) is 0 Å². The molecule has 6 nitrogen and oxygen atoms in total. The summed E-state index contributed by atoms with van der Waals surface area (Å²) >= 11 is 0. The first kappa shape index (κ1) is 30.4.